The zero-order valence-electron chi connectivity index (χ0n) is 12.2. The summed E-state index contributed by atoms with van der Waals surface area (Å²) in [6.45, 7) is 5.38. The van der Waals surface area contributed by atoms with E-state index in [1.54, 1.807) is 7.11 Å². The van der Waals surface area contributed by atoms with Gasteiger partial charge in [-0.15, -0.1) is 0 Å². The summed E-state index contributed by atoms with van der Waals surface area (Å²) in [5, 5.41) is 6.53. The summed E-state index contributed by atoms with van der Waals surface area (Å²) in [6.07, 6.45) is 2.08. The molecular weight excluding hydrogens is 254 g/mol. The number of guanidine groups is 1. The van der Waals surface area contributed by atoms with Crippen molar-refractivity contribution in [3.05, 3.63) is 23.8 Å². The molecule has 2 N–H and O–H groups in total. The predicted molar refractivity (Wildman–Crippen MR) is 80.5 cm³/mol. The van der Waals surface area contributed by atoms with Crippen LogP contribution in [0.3, 0.4) is 0 Å². The van der Waals surface area contributed by atoms with Crippen molar-refractivity contribution in [2.24, 2.45) is 4.99 Å². The quantitative estimate of drug-likeness (QED) is 0.834. The molecule has 1 aromatic rings. The number of ether oxygens (including phenoxy) is 2. The molecule has 0 aliphatic carbocycles. The first-order chi connectivity index (χ1) is 9.83. The fourth-order valence-corrected chi connectivity index (χ4v) is 1.99. The molecule has 0 radical (unpaired) electrons. The highest BCUT2D eigenvalue weighted by Crippen LogP contribution is 2.28. The van der Waals surface area contributed by atoms with E-state index < -0.39 is 0 Å². The van der Waals surface area contributed by atoms with Crippen LogP contribution < -0.4 is 20.1 Å². The van der Waals surface area contributed by atoms with E-state index in [1.165, 1.54) is 0 Å². The van der Waals surface area contributed by atoms with Gasteiger partial charge < -0.3 is 20.1 Å². The molecule has 20 heavy (non-hydrogen) atoms. The van der Waals surface area contributed by atoms with Gasteiger partial charge in [-0.05, 0) is 30.5 Å². The number of nitrogens with zero attached hydrogens (tertiary/aromatic N) is 1. The molecule has 2 rings (SSSR count). The van der Waals surface area contributed by atoms with Crippen molar-refractivity contribution in [3.8, 4) is 11.5 Å². The molecule has 5 nitrogen and oxygen atoms in total. The molecule has 5 heteroatoms. The topological polar surface area (TPSA) is 54.9 Å². The Morgan fingerprint density at radius 3 is 2.95 bits per heavy atom. The molecule has 0 unspecified atom stereocenters. The average Bonchev–Trinajstić information content (AvgIpc) is 2.52. The number of benzene rings is 1. The molecule has 1 aromatic carbocycles. The zero-order valence-corrected chi connectivity index (χ0v) is 12.2. The van der Waals surface area contributed by atoms with Gasteiger partial charge >= 0.3 is 0 Å². The van der Waals surface area contributed by atoms with Gasteiger partial charge in [-0.3, -0.25) is 4.99 Å². The van der Waals surface area contributed by atoms with Crippen molar-refractivity contribution in [2.45, 2.75) is 26.3 Å². The first kappa shape index (κ1) is 14.5. The molecule has 0 aromatic heterocycles. The van der Waals surface area contributed by atoms with Crippen LogP contribution in [0.15, 0.2) is 23.2 Å². The van der Waals surface area contributed by atoms with Crippen LogP contribution in [-0.2, 0) is 6.54 Å². The monoisotopic (exact) mass is 277 g/mol. The van der Waals surface area contributed by atoms with Crippen LogP contribution in [-0.4, -0.2) is 32.8 Å². The summed E-state index contributed by atoms with van der Waals surface area (Å²) in [6, 6.07) is 6.01. The van der Waals surface area contributed by atoms with Crippen molar-refractivity contribution in [1.82, 2.24) is 10.6 Å². The van der Waals surface area contributed by atoms with E-state index in [0.29, 0.717) is 6.61 Å². The minimum absolute atomic E-state index is 0.703. The first-order valence-corrected chi connectivity index (χ1v) is 7.15. The predicted octanol–water partition coefficient (Wildman–Crippen LogP) is 1.92. The van der Waals surface area contributed by atoms with E-state index in [2.05, 4.69) is 22.5 Å². The summed E-state index contributed by atoms with van der Waals surface area (Å²) in [5.74, 6) is 2.45. The number of hydrogen-bond donors (Lipinski definition) is 2. The maximum atomic E-state index is 5.65. The van der Waals surface area contributed by atoms with E-state index in [1.807, 2.05) is 18.2 Å². The Morgan fingerprint density at radius 1 is 1.35 bits per heavy atom. The van der Waals surface area contributed by atoms with Crippen molar-refractivity contribution in [2.75, 3.05) is 26.8 Å². The molecule has 0 saturated heterocycles. The van der Waals surface area contributed by atoms with Gasteiger partial charge in [-0.25, -0.2) is 0 Å². The molecule has 0 amide bonds. The van der Waals surface area contributed by atoms with Gasteiger partial charge in [-0.2, -0.15) is 0 Å². The van der Waals surface area contributed by atoms with Crippen molar-refractivity contribution >= 4 is 5.96 Å². The van der Waals surface area contributed by atoms with E-state index in [0.717, 1.165) is 55.5 Å². The van der Waals surface area contributed by atoms with Gasteiger partial charge in [0.2, 0.25) is 0 Å². The molecule has 110 valence electrons. The SMILES string of the molecule is CCCOc1ccc(CNC2=NCCCN2)cc1OC. The molecule has 0 atom stereocenters. The van der Waals surface area contributed by atoms with Crippen molar-refractivity contribution in [3.63, 3.8) is 0 Å². The third-order valence-corrected chi connectivity index (χ3v) is 3.05. The molecule has 0 spiro atoms. The van der Waals surface area contributed by atoms with E-state index in [9.17, 15) is 0 Å². The molecule has 0 bridgehead atoms. The Kier molecular flexibility index (Phi) is 5.53. The molecule has 0 fully saturated rings. The lowest BCUT2D eigenvalue weighted by Gasteiger charge is -2.16. The second-order valence-electron chi connectivity index (χ2n) is 4.70. The summed E-state index contributed by atoms with van der Waals surface area (Å²) >= 11 is 0. The Bertz CT molecular complexity index is 460. The summed E-state index contributed by atoms with van der Waals surface area (Å²) < 4.78 is 11.0. The van der Waals surface area contributed by atoms with Crippen LogP contribution >= 0.6 is 0 Å². The number of methoxy groups -OCH3 is 1. The number of hydrogen-bond acceptors (Lipinski definition) is 5. The Balaban J connectivity index is 1.96. The largest absolute Gasteiger partial charge is 0.493 e. The smallest absolute Gasteiger partial charge is 0.191 e. The minimum atomic E-state index is 0.703. The normalized spacial score (nSPS) is 14.2. The van der Waals surface area contributed by atoms with Gasteiger partial charge in [0, 0.05) is 19.6 Å². The highest BCUT2D eigenvalue weighted by Gasteiger charge is 2.07. The highest BCUT2D eigenvalue weighted by atomic mass is 16.5. The Labute approximate surface area is 120 Å². The number of rotatable bonds is 6. The summed E-state index contributed by atoms with van der Waals surface area (Å²) in [7, 11) is 1.66. The third kappa shape index (κ3) is 4.05. The van der Waals surface area contributed by atoms with Crippen molar-refractivity contribution < 1.29 is 9.47 Å². The first-order valence-electron chi connectivity index (χ1n) is 7.15. The fraction of sp³-hybridized carbons (Fsp3) is 0.533. The fourth-order valence-electron chi connectivity index (χ4n) is 1.99. The summed E-state index contributed by atoms with van der Waals surface area (Å²) in [4.78, 5) is 4.38. The minimum Gasteiger partial charge on any atom is -0.493 e. The standard InChI is InChI=1S/C15H23N3O2/c1-3-9-20-13-6-5-12(10-14(13)19-2)11-18-15-16-7-4-8-17-15/h5-6,10H,3-4,7-9,11H2,1-2H3,(H2,16,17,18). The van der Waals surface area contributed by atoms with Crippen LogP contribution in [0.5, 0.6) is 11.5 Å². The number of aliphatic imine (C=N–C) groups is 1. The van der Waals surface area contributed by atoms with Crippen LogP contribution in [0.4, 0.5) is 0 Å². The Hall–Kier alpha value is -1.91. The molecule has 0 saturated carbocycles. The molecule has 1 aliphatic rings. The third-order valence-electron chi connectivity index (χ3n) is 3.05. The van der Waals surface area contributed by atoms with Gasteiger partial charge in [0.05, 0.1) is 13.7 Å². The average molecular weight is 277 g/mol. The maximum Gasteiger partial charge on any atom is 0.191 e. The molecule has 1 heterocycles. The van der Waals surface area contributed by atoms with Gasteiger partial charge in [0.15, 0.2) is 17.5 Å². The Morgan fingerprint density at radius 2 is 2.25 bits per heavy atom. The molecular formula is C15H23N3O2. The van der Waals surface area contributed by atoms with Gasteiger partial charge in [0.25, 0.3) is 0 Å². The van der Waals surface area contributed by atoms with Crippen LogP contribution in [0.2, 0.25) is 0 Å². The van der Waals surface area contributed by atoms with Gasteiger partial charge in [0.1, 0.15) is 0 Å². The zero-order chi connectivity index (χ0) is 14.2. The second-order valence-corrected chi connectivity index (χ2v) is 4.70. The van der Waals surface area contributed by atoms with Crippen LogP contribution in [0.1, 0.15) is 25.3 Å². The van der Waals surface area contributed by atoms with E-state index in [-0.39, 0.29) is 0 Å². The lowest BCUT2D eigenvalue weighted by atomic mass is 10.2. The van der Waals surface area contributed by atoms with Crippen molar-refractivity contribution in [1.29, 1.82) is 0 Å². The second kappa shape index (κ2) is 7.62. The molecule has 1 aliphatic heterocycles. The van der Waals surface area contributed by atoms with Crippen LogP contribution in [0, 0.1) is 0 Å². The summed E-state index contributed by atoms with van der Waals surface area (Å²) in [5.41, 5.74) is 1.14. The van der Waals surface area contributed by atoms with Crippen LogP contribution in [0.25, 0.3) is 0 Å². The van der Waals surface area contributed by atoms with Gasteiger partial charge in [-0.1, -0.05) is 13.0 Å². The maximum absolute atomic E-state index is 5.65. The lowest BCUT2D eigenvalue weighted by Crippen LogP contribution is -2.40. The van der Waals surface area contributed by atoms with E-state index in [4.69, 9.17) is 9.47 Å². The van der Waals surface area contributed by atoms with E-state index >= 15 is 0 Å². The lowest BCUT2D eigenvalue weighted by molar-refractivity contribution is 0.294. The highest BCUT2D eigenvalue weighted by molar-refractivity contribution is 5.80. The number of nitrogens with one attached hydrogen (secondary N) is 2.